The van der Waals surface area contributed by atoms with Crippen LogP contribution in [0.25, 0.3) is 0 Å². The van der Waals surface area contributed by atoms with E-state index in [4.69, 9.17) is 0 Å². The Morgan fingerprint density at radius 3 is 2.29 bits per heavy atom. The lowest BCUT2D eigenvalue weighted by Crippen LogP contribution is -2.63. The molecule has 0 radical (unpaired) electrons. The number of rotatable bonds is 6. The first kappa shape index (κ1) is 20.1. The Hall–Kier alpha value is -1.93. The van der Waals surface area contributed by atoms with E-state index < -0.39 is 17.5 Å². The highest BCUT2D eigenvalue weighted by molar-refractivity contribution is 9.10. The molecule has 0 aliphatic rings. The second-order valence-electron chi connectivity index (χ2n) is 5.58. The maximum absolute atomic E-state index is 12.7. The number of carbonyl (C=O) groups excluding carboxylic acids is 3. The summed E-state index contributed by atoms with van der Waals surface area (Å²) in [6, 6.07) is 6.23. The van der Waals surface area contributed by atoms with Crippen LogP contribution in [0.15, 0.2) is 28.7 Å². The Labute approximate surface area is 150 Å². The van der Waals surface area contributed by atoms with Crippen molar-refractivity contribution in [2.45, 2.75) is 32.7 Å². The Morgan fingerprint density at radius 2 is 1.88 bits per heavy atom. The van der Waals surface area contributed by atoms with Crippen molar-refractivity contribution >= 4 is 40.0 Å². The normalized spacial score (nSPS) is 13.1. The zero-order chi connectivity index (χ0) is 18.3. The lowest BCUT2D eigenvalue weighted by molar-refractivity contribution is -0.147. The molecule has 0 aliphatic heterocycles. The lowest BCUT2D eigenvalue weighted by atomic mass is 9.83. The van der Waals surface area contributed by atoms with Gasteiger partial charge in [-0.05, 0) is 43.7 Å². The monoisotopic (exact) mass is 398 g/mol. The second kappa shape index (κ2) is 8.79. The molecular weight excluding hydrogens is 376 g/mol. The van der Waals surface area contributed by atoms with Gasteiger partial charge in [0.2, 0.25) is 6.41 Å². The maximum Gasteiger partial charge on any atom is 0.338 e. The van der Waals surface area contributed by atoms with Crippen molar-refractivity contribution in [3.8, 4) is 0 Å². The number of likely N-dealkylation sites (N-methyl/N-ethyl adjacent to an activating group) is 1. The number of urea groups is 1. The summed E-state index contributed by atoms with van der Waals surface area (Å²) in [4.78, 5) is 36.1. The first-order valence-electron chi connectivity index (χ1n) is 7.61. The molecule has 3 N–H and O–H groups in total. The number of imide groups is 1. The summed E-state index contributed by atoms with van der Waals surface area (Å²) in [6.45, 7) is 5.60. The molecule has 4 amide bonds. The van der Waals surface area contributed by atoms with E-state index in [9.17, 15) is 14.4 Å². The van der Waals surface area contributed by atoms with Crippen molar-refractivity contribution in [1.29, 1.82) is 0 Å². The highest BCUT2D eigenvalue weighted by Crippen LogP contribution is 2.23. The van der Waals surface area contributed by atoms with Crippen LogP contribution in [0.4, 0.5) is 10.5 Å². The zero-order valence-corrected chi connectivity index (χ0v) is 15.8. The van der Waals surface area contributed by atoms with Gasteiger partial charge in [-0.1, -0.05) is 36.7 Å². The first-order valence-corrected chi connectivity index (χ1v) is 8.41. The molecular formula is C16H23BrN4O3. The predicted octanol–water partition coefficient (Wildman–Crippen LogP) is 2.49. The molecule has 1 rings (SSSR count). The lowest BCUT2D eigenvalue weighted by Gasteiger charge is -2.37. The molecule has 24 heavy (non-hydrogen) atoms. The van der Waals surface area contributed by atoms with Crippen molar-refractivity contribution in [3.05, 3.63) is 28.7 Å². The molecule has 1 aromatic carbocycles. The van der Waals surface area contributed by atoms with Gasteiger partial charge in [-0.25, -0.2) is 10.2 Å². The van der Waals surface area contributed by atoms with Crippen LogP contribution in [0.2, 0.25) is 0 Å². The SMILES string of the molecule is CCC(NC)(C(=O)N(C=O)NC(=O)Nc1ccc(Br)cc1)C(C)C. The number of carbonyl (C=O) groups is 3. The van der Waals surface area contributed by atoms with Gasteiger partial charge in [0, 0.05) is 10.2 Å². The number of anilines is 1. The standard InChI is InChI=1S/C16H23BrN4O3/c1-5-16(18-4,11(2)3)14(23)21(10-22)20-15(24)19-13-8-6-12(17)7-9-13/h6-11,18H,5H2,1-4H3,(H2,19,20,24). The number of benzene rings is 1. The summed E-state index contributed by atoms with van der Waals surface area (Å²) in [7, 11) is 1.66. The summed E-state index contributed by atoms with van der Waals surface area (Å²) in [5, 5.41) is 6.22. The van der Waals surface area contributed by atoms with Crippen molar-refractivity contribution in [3.63, 3.8) is 0 Å². The van der Waals surface area contributed by atoms with Crippen LogP contribution in [0, 0.1) is 5.92 Å². The van der Waals surface area contributed by atoms with Crippen molar-refractivity contribution in [1.82, 2.24) is 15.8 Å². The molecule has 0 saturated heterocycles. The van der Waals surface area contributed by atoms with Crippen LogP contribution in [-0.4, -0.2) is 35.9 Å². The average Bonchev–Trinajstić information content (AvgIpc) is 2.56. The van der Waals surface area contributed by atoms with Crippen molar-refractivity contribution in [2.75, 3.05) is 12.4 Å². The summed E-state index contributed by atoms with van der Waals surface area (Å²) >= 11 is 3.30. The number of nitrogens with one attached hydrogen (secondary N) is 3. The minimum Gasteiger partial charge on any atom is -0.307 e. The fourth-order valence-corrected chi connectivity index (χ4v) is 2.78. The summed E-state index contributed by atoms with van der Waals surface area (Å²) in [6.07, 6.45) is 0.772. The maximum atomic E-state index is 12.7. The van der Waals surface area contributed by atoms with Gasteiger partial charge in [-0.2, -0.15) is 5.01 Å². The number of hydrogen-bond donors (Lipinski definition) is 3. The van der Waals surface area contributed by atoms with Gasteiger partial charge in [0.25, 0.3) is 5.91 Å². The smallest absolute Gasteiger partial charge is 0.307 e. The number of amides is 4. The van der Waals surface area contributed by atoms with Crippen LogP contribution in [0.1, 0.15) is 27.2 Å². The molecule has 1 aromatic rings. The van der Waals surface area contributed by atoms with Gasteiger partial charge in [0.05, 0.1) is 0 Å². The molecule has 0 aromatic heterocycles. The van der Waals surface area contributed by atoms with Crippen molar-refractivity contribution in [2.24, 2.45) is 5.92 Å². The third-order valence-corrected chi connectivity index (χ3v) is 4.55. The Bertz CT molecular complexity index is 585. The number of halogens is 1. The topological polar surface area (TPSA) is 90.5 Å². The molecule has 1 unspecified atom stereocenters. The van der Waals surface area contributed by atoms with Gasteiger partial charge in [-0.3, -0.25) is 9.59 Å². The fraction of sp³-hybridized carbons (Fsp3) is 0.438. The summed E-state index contributed by atoms with van der Waals surface area (Å²) < 4.78 is 0.872. The van der Waals surface area contributed by atoms with E-state index in [2.05, 4.69) is 32.0 Å². The van der Waals surface area contributed by atoms with E-state index in [1.165, 1.54) is 0 Å². The van der Waals surface area contributed by atoms with Crippen LogP contribution in [0.3, 0.4) is 0 Å². The van der Waals surface area contributed by atoms with Crippen LogP contribution in [0.5, 0.6) is 0 Å². The molecule has 7 nitrogen and oxygen atoms in total. The Morgan fingerprint density at radius 1 is 1.29 bits per heavy atom. The molecule has 0 heterocycles. The van der Waals surface area contributed by atoms with E-state index in [0.29, 0.717) is 23.5 Å². The van der Waals surface area contributed by atoms with Gasteiger partial charge in [-0.15, -0.1) is 0 Å². The molecule has 0 spiro atoms. The minimum absolute atomic E-state index is 0.0706. The largest absolute Gasteiger partial charge is 0.338 e. The van der Waals surface area contributed by atoms with Gasteiger partial charge in [0.15, 0.2) is 0 Å². The van der Waals surface area contributed by atoms with Crippen LogP contribution >= 0.6 is 15.9 Å². The highest BCUT2D eigenvalue weighted by atomic mass is 79.9. The van der Waals surface area contributed by atoms with Gasteiger partial charge in [0.1, 0.15) is 5.54 Å². The molecule has 8 heteroatoms. The van der Waals surface area contributed by atoms with E-state index in [-0.39, 0.29) is 5.92 Å². The zero-order valence-electron chi connectivity index (χ0n) is 14.2. The molecule has 0 saturated carbocycles. The Kier molecular flexibility index (Phi) is 7.37. The predicted molar refractivity (Wildman–Crippen MR) is 96.1 cm³/mol. The van der Waals surface area contributed by atoms with Crippen molar-refractivity contribution < 1.29 is 14.4 Å². The molecule has 0 aliphatic carbocycles. The number of hydrogen-bond acceptors (Lipinski definition) is 4. The number of nitrogens with zero attached hydrogens (tertiary/aromatic N) is 1. The van der Waals surface area contributed by atoms with E-state index >= 15 is 0 Å². The average molecular weight is 399 g/mol. The van der Waals surface area contributed by atoms with Crippen LogP contribution in [-0.2, 0) is 9.59 Å². The fourth-order valence-electron chi connectivity index (χ4n) is 2.52. The first-order chi connectivity index (χ1) is 11.3. The third kappa shape index (κ3) is 4.55. The summed E-state index contributed by atoms with van der Waals surface area (Å²) in [5.41, 5.74) is 1.87. The minimum atomic E-state index is -0.939. The molecule has 0 fully saturated rings. The number of hydrazine groups is 1. The van der Waals surface area contributed by atoms with Gasteiger partial charge < -0.3 is 10.6 Å². The molecule has 132 valence electrons. The second-order valence-corrected chi connectivity index (χ2v) is 6.50. The summed E-state index contributed by atoms with van der Waals surface area (Å²) in [5.74, 6) is -0.581. The van der Waals surface area contributed by atoms with Crippen LogP contribution < -0.4 is 16.1 Å². The van der Waals surface area contributed by atoms with E-state index in [1.807, 2.05) is 20.8 Å². The Balaban J connectivity index is 2.85. The van der Waals surface area contributed by atoms with Gasteiger partial charge >= 0.3 is 6.03 Å². The quantitative estimate of drug-likeness (QED) is 0.507. The van der Waals surface area contributed by atoms with E-state index in [0.717, 1.165) is 4.47 Å². The van der Waals surface area contributed by atoms with E-state index in [1.54, 1.807) is 31.3 Å². The molecule has 1 atom stereocenters. The molecule has 0 bridgehead atoms. The third-order valence-electron chi connectivity index (χ3n) is 4.02. The highest BCUT2D eigenvalue weighted by Gasteiger charge is 2.42.